The van der Waals surface area contributed by atoms with Crippen LogP contribution in [0.2, 0.25) is 0 Å². The highest BCUT2D eigenvalue weighted by atomic mass is 32.2. The highest BCUT2D eigenvalue weighted by Gasteiger charge is 2.13. The molecule has 2 aromatic heterocycles. The van der Waals surface area contributed by atoms with Crippen LogP contribution in [0.3, 0.4) is 0 Å². The number of nitrogens with zero attached hydrogens (tertiary/aromatic N) is 3. The molecule has 3 aromatic rings. The molecule has 7 nitrogen and oxygen atoms in total. The first-order valence-electron chi connectivity index (χ1n) is 7.48. The van der Waals surface area contributed by atoms with Crippen LogP contribution >= 0.6 is 11.8 Å². The number of nitrogens with one attached hydrogen (secondary N) is 1. The number of benzene rings is 1. The third-order valence-corrected chi connectivity index (χ3v) is 4.18. The summed E-state index contributed by atoms with van der Waals surface area (Å²) in [6, 6.07) is 9.59. The van der Waals surface area contributed by atoms with Crippen molar-refractivity contribution in [3.05, 3.63) is 54.7 Å². The Labute approximate surface area is 151 Å². The number of furan rings is 1. The highest BCUT2D eigenvalue weighted by Crippen LogP contribution is 2.26. The Morgan fingerprint density at radius 2 is 2.15 bits per heavy atom. The van der Waals surface area contributed by atoms with Crippen LogP contribution in [0.1, 0.15) is 5.76 Å². The number of ether oxygens (including phenoxy) is 1. The number of alkyl halides is 2. The summed E-state index contributed by atoms with van der Waals surface area (Å²) in [5.41, 5.74) is 0.176. The molecule has 10 heteroatoms. The number of amides is 1. The number of aromatic nitrogens is 3. The third-order valence-electron chi connectivity index (χ3n) is 3.20. The minimum Gasteiger partial charge on any atom is -0.467 e. The van der Waals surface area contributed by atoms with Gasteiger partial charge in [-0.25, -0.2) is 0 Å². The molecule has 0 spiro atoms. The summed E-state index contributed by atoms with van der Waals surface area (Å²) in [7, 11) is 0. The summed E-state index contributed by atoms with van der Waals surface area (Å²) < 4.78 is 36.2. The molecule has 0 aliphatic rings. The van der Waals surface area contributed by atoms with Gasteiger partial charge in [-0.3, -0.25) is 4.79 Å². The fourth-order valence-electron chi connectivity index (χ4n) is 2.12. The second kappa shape index (κ2) is 8.48. The van der Waals surface area contributed by atoms with Crippen LogP contribution in [0.25, 0.3) is 0 Å². The van der Waals surface area contributed by atoms with E-state index in [2.05, 4.69) is 20.3 Å². The summed E-state index contributed by atoms with van der Waals surface area (Å²) in [4.78, 5) is 12.1. The average Bonchev–Trinajstić information content (AvgIpc) is 3.27. The molecule has 1 aromatic carbocycles. The zero-order valence-electron chi connectivity index (χ0n) is 13.3. The van der Waals surface area contributed by atoms with E-state index >= 15 is 0 Å². The molecule has 0 atom stereocenters. The third kappa shape index (κ3) is 4.82. The normalized spacial score (nSPS) is 10.9. The van der Waals surface area contributed by atoms with Gasteiger partial charge in [0.25, 0.3) is 0 Å². The van der Waals surface area contributed by atoms with Gasteiger partial charge in [-0.15, -0.1) is 10.2 Å². The molecule has 1 amide bonds. The maximum atomic E-state index is 12.4. The Bertz CT molecular complexity index is 855. The largest absolute Gasteiger partial charge is 0.467 e. The number of carbonyl (C=O) groups is 1. The van der Waals surface area contributed by atoms with Crippen LogP contribution in [-0.2, 0) is 11.3 Å². The first kappa shape index (κ1) is 17.9. The van der Waals surface area contributed by atoms with Gasteiger partial charge >= 0.3 is 6.61 Å². The number of rotatable bonds is 8. The molecule has 0 saturated heterocycles. The van der Waals surface area contributed by atoms with Gasteiger partial charge in [-0.1, -0.05) is 23.9 Å². The minimum absolute atomic E-state index is 0.0276. The lowest BCUT2D eigenvalue weighted by molar-refractivity contribution is -0.113. The van der Waals surface area contributed by atoms with E-state index in [1.54, 1.807) is 29.0 Å². The second-order valence-electron chi connectivity index (χ2n) is 5.03. The Morgan fingerprint density at radius 3 is 2.92 bits per heavy atom. The summed E-state index contributed by atoms with van der Waals surface area (Å²) in [6.45, 7) is -2.53. The Morgan fingerprint density at radius 1 is 1.31 bits per heavy atom. The average molecular weight is 380 g/mol. The lowest BCUT2D eigenvalue weighted by Crippen LogP contribution is -2.16. The van der Waals surface area contributed by atoms with Gasteiger partial charge in [-0.05, 0) is 24.3 Å². The van der Waals surface area contributed by atoms with E-state index < -0.39 is 6.61 Å². The molecule has 0 unspecified atom stereocenters. The number of anilines is 1. The van der Waals surface area contributed by atoms with Gasteiger partial charge in [0.15, 0.2) is 5.16 Å². The fraction of sp³-hybridized carbons (Fsp3) is 0.188. The quantitative estimate of drug-likeness (QED) is 0.604. The molecule has 0 saturated carbocycles. The predicted molar refractivity (Wildman–Crippen MR) is 90.3 cm³/mol. The number of hydrogen-bond donors (Lipinski definition) is 1. The van der Waals surface area contributed by atoms with Crippen molar-refractivity contribution in [3.8, 4) is 5.75 Å². The number of para-hydroxylation sites is 2. The number of halogens is 2. The summed E-state index contributed by atoms with van der Waals surface area (Å²) in [6.07, 6.45) is 3.10. The van der Waals surface area contributed by atoms with Crippen molar-refractivity contribution in [2.45, 2.75) is 18.3 Å². The topological polar surface area (TPSA) is 82.2 Å². The number of carbonyl (C=O) groups excluding carboxylic acids is 1. The maximum Gasteiger partial charge on any atom is 0.387 e. The van der Waals surface area contributed by atoms with Crippen molar-refractivity contribution >= 4 is 23.4 Å². The second-order valence-corrected chi connectivity index (χ2v) is 5.97. The molecular weight excluding hydrogens is 366 g/mol. The van der Waals surface area contributed by atoms with E-state index in [1.165, 1.54) is 30.2 Å². The van der Waals surface area contributed by atoms with Crippen molar-refractivity contribution in [1.29, 1.82) is 0 Å². The Balaban J connectivity index is 1.58. The Hall–Kier alpha value is -2.88. The fourth-order valence-corrected chi connectivity index (χ4v) is 2.83. The number of hydrogen-bond acceptors (Lipinski definition) is 6. The SMILES string of the molecule is O=C(CSc1nncn1Cc1ccco1)Nc1ccccc1OC(F)F. The molecule has 0 aliphatic carbocycles. The van der Waals surface area contributed by atoms with Crippen LogP contribution in [0.15, 0.2) is 58.6 Å². The van der Waals surface area contributed by atoms with Crippen LogP contribution < -0.4 is 10.1 Å². The molecule has 26 heavy (non-hydrogen) atoms. The van der Waals surface area contributed by atoms with Crippen LogP contribution in [-0.4, -0.2) is 33.0 Å². The van der Waals surface area contributed by atoms with E-state index in [1.807, 2.05) is 6.07 Å². The molecule has 0 aliphatic heterocycles. The van der Waals surface area contributed by atoms with Gasteiger partial charge in [0.05, 0.1) is 24.2 Å². The number of thioether (sulfide) groups is 1. The minimum atomic E-state index is -2.97. The predicted octanol–water partition coefficient (Wildman–Crippen LogP) is 3.25. The standard InChI is InChI=1S/C16H14F2N4O3S/c17-15(18)25-13-6-2-1-5-12(13)20-14(23)9-26-16-21-19-10-22(16)8-11-4-3-7-24-11/h1-7,10,15H,8-9H2,(H,20,23). The smallest absolute Gasteiger partial charge is 0.387 e. The molecule has 136 valence electrons. The first-order chi connectivity index (χ1) is 12.6. The molecule has 1 N–H and O–H groups in total. The molecule has 0 radical (unpaired) electrons. The van der Waals surface area contributed by atoms with Crippen molar-refractivity contribution in [2.24, 2.45) is 0 Å². The summed E-state index contributed by atoms with van der Waals surface area (Å²) >= 11 is 1.17. The molecule has 2 heterocycles. The van der Waals surface area contributed by atoms with Gasteiger partial charge < -0.3 is 19.0 Å². The van der Waals surface area contributed by atoms with E-state index in [0.717, 1.165) is 5.76 Å². The van der Waals surface area contributed by atoms with Crippen molar-refractivity contribution < 1.29 is 22.7 Å². The van der Waals surface area contributed by atoms with Gasteiger partial charge in [0, 0.05) is 0 Å². The van der Waals surface area contributed by atoms with Crippen molar-refractivity contribution in [1.82, 2.24) is 14.8 Å². The van der Waals surface area contributed by atoms with Gasteiger partial charge in [0.2, 0.25) is 5.91 Å². The Kier molecular flexibility index (Phi) is 5.84. The van der Waals surface area contributed by atoms with Crippen LogP contribution in [0, 0.1) is 0 Å². The zero-order valence-corrected chi connectivity index (χ0v) is 14.2. The summed E-state index contributed by atoms with van der Waals surface area (Å²) in [5, 5.41) is 10.9. The van der Waals surface area contributed by atoms with Gasteiger partial charge in [0.1, 0.15) is 17.8 Å². The van der Waals surface area contributed by atoms with Gasteiger partial charge in [-0.2, -0.15) is 8.78 Å². The highest BCUT2D eigenvalue weighted by molar-refractivity contribution is 7.99. The summed E-state index contributed by atoms with van der Waals surface area (Å²) in [5.74, 6) is 0.281. The molecule has 0 fully saturated rings. The van der Waals surface area contributed by atoms with E-state index in [4.69, 9.17) is 4.42 Å². The van der Waals surface area contributed by atoms with E-state index in [9.17, 15) is 13.6 Å². The lowest BCUT2D eigenvalue weighted by atomic mass is 10.3. The van der Waals surface area contributed by atoms with E-state index in [-0.39, 0.29) is 23.1 Å². The van der Waals surface area contributed by atoms with Crippen LogP contribution in [0.5, 0.6) is 5.75 Å². The molecule has 0 bridgehead atoms. The van der Waals surface area contributed by atoms with Crippen molar-refractivity contribution in [2.75, 3.05) is 11.1 Å². The van der Waals surface area contributed by atoms with E-state index in [0.29, 0.717) is 11.7 Å². The molecular formula is C16H14F2N4O3S. The first-order valence-corrected chi connectivity index (χ1v) is 8.47. The zero-order chi connectivity index (χ0) is 18.4. The lowest BCUT2D eigenvalue weighted by Gasteiger charge is -2.11. The van der Waals surface area contributed by atoms with Crippen LogP contribution in [0.4, 0.5) is 14.5 Å². The monoisotopic (exact) mass is 380 g/mol. The maximum absolute atomic E-state index is 12.4. The molecule has 3 rings (SSSR count). The van der Waals surface area contributed by atoms with Crippen molar-refractivity contribution in [3.63, 3.8) is 0 Å².